The van der Waals surface area contributed by atoms with Crippen LogP contribution in [0.5, 0.6) is 0 Å². The van der Waals surface area contributed by atoms with Crippen molar-refractivity contribution in [1.82, 2.24) is 0 Å². The number of esters is 1. The Labute approximate surface area is 136 Å². The molecule has 0 saturated carbocycles. The van der Waals surface area contributed by atoms with Crippen LogP contribution in [-0.4, -0.2) is 42.5 Å². The van der Waals surface area contributed by atoms with Gasteiger partial charge in [-0.15, -0.1) is 12.3 Å². The molecule has 6 heteroatoms. The van der Waals surface area contributed by atoms with Crippen molar-refractivity contribution in [2.45, 2.75) is 57.7 Å². The second kappa shape index (κ2) is 7.82. The van der Waals surface area contributed by atoms with Gasteiger partial charge in [0.1, 0.15) is 11.7 Å². The summed E-state index contributed by atoms with van der Waals surface area (Å²) in [6.45, 7) is 4.24. The summed E-state index contributed by atoms with van der Waals surface area (Å²) in [4.78, 5) is 11.4. The van der Waals surface area contributed by atoms with E-state index in [0.717, 1.165) is 12.8 Å². The monoisotopic (exact) mass is 324 g/mol. The molecule has 1 aliphatic carbocycles. The van der Waals surface area contributed by atoms with E-state index in [1.54, 1.807) is 0 Å². The molecule has 1 N–H and O–H groups in total. The highest BCUT2D eigenvalue weighted by Gasteiger charge is 2.65. The van der Waals surface area contributed by atoms with Crippen LogP contribution >= 0.6 is 0 Å². The van der Waals surface area contributed by atoms with E-state index in [1.165, 1.54) is 13.0 Å². The van der Waals surface area contributed by atoms with E-state index in [4.69, 9.17) is 25.4 Å². The van der Waals surface area contributed by atoms with Crippen LogP contribution in [0.2, 0.25) is 0 Å². The fourth-order valence-electron chi connectivity index (χ4n) is 2.77. The normalized spacial score (nSPS) is 31.7. The predicted octanol–water partition coefficient (Wildman–Crippen LogP) is 2.29. The van der Waals surface area contributed by atoms with E-state index in [0.29, 0.717) is 26.1 Å². The summed E-state index contributed by atoms with van der Waals surface area (Å²) in [5, 5.41) is 9.98. The summed E-state index contributed by atoms with van der Waals surface area (Å²) in [6, 6.07) is 0. The number of terminal acetylenes is 1. The molecule has 23 heavy (non-hydrogen) atoms. The molecular weight excluding hydrogens is 300 g/mol. The van der Waals surface area contributed by atoms with E-state index >= 15 is 0 Å². The lowest BCUT2D eigenvalue weighted by molar-refractivity contribution is -0.269. The smallest absolute Gasteiger partial charge is 0.303 e. The first-order chi connectivity index (χ1) is 11.0. The maximum atomic E-state index is 11.4. The Balaban J connectivity index is 2.04. The van der Waals surface area contributed by atoms with E-state index in [2.05, 4.69) is 12.8 Å². The lowest BCUT2D eigenvalue weighted by Gasteiger charge is -2.38. The van der Waals surface area contributed by atoms with Gasteiger partial charge in [0.15, 0.2) is 12.4 Å². The van der Waals surface area contributed by atoms with Crippen molar-refractivity contribution >= 4 is 5.97 Å². The molecule has 2 rings (SSSR count). The zero-order valence-electron chi connectivity index (χ0n) is 13.6. The van der Waals surface area contributed by atoms with Gasteiger partial charge in [-0.2, -0.15) is 0 Å². The van der Waals surface area contributed by atoms with Gasteiger partial charge in [-0.1, -0.05) is 13.3 Å². The SMILES string of the molecule is C#CCCCO[C@@H]1OC2(OCCCC)C=C(O)C2C1OC(C)=O. The minimum atomic E-state index is -1.07. The van der Waals surface area contributed by atoms with Gasteiger partial charge in [0, 0.05) is 19.4 Å². The van der Waals surface area contributed by atoms with Crippen LogP contribution in [0.25, 0.3) is 0 Å². The number of hydrogen-bond donors (Lipinski definition) is 1. The number of unbranched alkanes of at least 4 members (excludes halogenated alkanes) is 2. The number of carbonyl (C=O) groups is 1. The van der Waals surface area contributed by atoms with Crippen molar-refractivity contribution in [3.63, 3.8) is 0 Å². The molecule has 2 aliphatic rings. The van der Waals surface area contributed by atoms with Crippen LogP contribution in [0, 0.1) is 18.3 Å². The van der Waals surface area contributed by atoms with Gasteiger partial charge >= 0.3 is 5.97 Å². The minimum absolute atomic E-state index is 0.0995. The fourth-order valence-corrected chi connectivity index (χ4v) is 2.77. The van der Waals surface area contributed by atoms with Crippen LogP contribution in [0.4, 0.5) is 0 Å². The summed E-state index contributed by atoms with van der Waals surface area (Å²) < 4.78 is 22.6. The first-order valence-electron chi connectivity index (χ1n) is 8.00. The van der Waals surface area contributed by atoms with Gasteiger partial charge in [-0.25, -0.2) is 0 Å². The molecule has 1 heterocycles. The first-order valence-corrected chi connectivity index (χ1v) is 8.00. The Morgan fingerprint density at radius 3 is 2.87 bits per heavy atom. The molecule has 0 aromatic carbocycles. The molecule has 0 aromatic heterocycles. The van der Waals surface area contributed by atoms with Crippen molar-refractivity contribution in [3.05, 3.63) is 11.8 Å². The average molecular weight is 324 g/mol. The number of aliphatic hydroxyl groups excluding tert-OH is 1. The largest absolute Gasteiger partial charge is 0.512 e. The summed E-state index contributed by atoms with van der Waals surface area (Å²) in [5.74, 6) is 0.547. The van der Waals surface area contributed by atoms with Crippen molar-refractivity contribution in [2.75, 3.05) is 13.2 Å². The van der Waals surface area contributed by atoms with E-state index in [9.17, 15) is 9.90 Å². The molecule has 128 valence electrons. The van der Waals surface area contributed by atoms with Crippen molar-refractivity contribution in [1.29, 1.82) is 0 Å². The topological polar surface area (TPSA) is 74.2 Å². The summed E-state index contributed by atoms with van der Waals surface area (Å²) in [7, 11) is 0. The predicted molar refractivity (Wildman–Crippen MR) is 82.2 cm³/mol. The highest BCUT2D eigenvalue weighted by atomic mass is 16.8. The third kappa shape index (κ3) is 3.86. The van der Waals surface area contributed by atoms with Crippen LogP contribution in [0.1, 0.15) is 39.5 Å². The molecule has 0 spiro atoms. The van der Waals surface area contributed by atoms with E-state index in [1.807, 2.05) is 0 Å². The Bertz CT molecular complexity index is 494. The Kier molecular flexibility index (Phi) is 6.05. The summed E-state index contributed by atoms with van der Waals surface area (Å²) >= 11 is 0. The molecule has 0 bridgehead atoms. The van der Waals surface area contributed by atoms with Crippen LogP contribution in [0.3, 0.4) is 0 Å². The first kappa shape index (κ1) is 17.8. The zero-order chi connectivity index (χ0) is 16.9. The molecular formula is C17H24O6. The summed E-state index contributed by atoms with van der Waals surface area (Å²) in [5.41, 5.74) is 0. The Morgan fingerprint density at radius 1 is 1.48 bits per heavy atom. The van der Waals surface area contributed by atoms with Crippen LogP contribution in [-0.2, 0) is 23.7 Å². The van der Waals surface area contributed by atoms with Crippen molar-refractivity contribution < 1.29 is 28.8 Å². The standard InChI is InChI=1S/C17H24O6/c1-4-6-8-9-20-16-15(22-12(3)18)14-13(19)11-17(14,23-16)21-10-7-5-2/h1,11,14-16,19H,5-10H2,2-3H3/t14?,15?,16-,17?/m1/s1. The van der Waals surface area contributed by atoms with Crippen LogP contribution in [0.15, 0.2) is 11.8 Å². The molecule has 1 saturated heterocycles. The highest BCUT2D eigenvalue weighted by molar-refractivity contribution is 5.66. The minimum Gasteiger partial charge on any atom is -0.512 e. The Morgan fingerprint density at radius 2 is 2.26 bits per heavy atom. The third-order valence-corrected chi connectivity index (χ3v) is 3.87. The second-order valence-corrected chi connectivity index (χ2v) is 5.71. The number of aliphatic hydroxyl groups is 1. The number of carbonyl (C=O) groups excluding carboxylic acids is 1. The molecule has 0 aromatic rings. The van der Waals surface area contributed by atoms with E-state index < -0.39 is 30.1 Å². The van der Waals surface area contributed by atoms with Gasteiger partial charge in [0.05, 0.1) is 13.2 Å². The number of rotatable bonds is 9. The Hall–Kier alpha value is -1.55. The van der Waals surface area contributed by atoms with Gasteiger partial charge in [0.25, 0.3) is 0 Å². The van der Waals surface area contributed by atoms with Gasteiger partial charge in [-0.3, -0.25) is 4.79 Å². The van der Waals surface area contributed by atoms with Crippen LogP contribution < -0.4 is 0 Å². The molecule has 0 radical (unpaired) electrons. The van der Waals surface area contributed by atoms with Crippen molar-refractivity contribution in [3.8, 4) is 12.3 Å². The van der Waals surface area contributed by atoms with Gasteiger partial charge < -0.3 is 24.1 Å². The number of ether oxygens (including phenoxy) is 4. The molecule has 3 unspecified atom stereocenters. The number of fused-ring (bicyclic) bond motifs is 1. The van der Waals surface area contributed by atoms with E-state index in [-0.39, 0.29) is 5.76 Å². The maximum Gasteiger partial charge on any atom is 0.303 e. The maximum absolute atomic E-state index is 11.4. The zero-order valence-corrected chi connectivity index (χ0v) is 13.6. The third-order valence-electron chi connectivity index (χ3n) is 3.87. The molecule has 1 fully saturated rings. The van der Waals surface area contributed by atoms with Gasteiger partial charge in [0.2, 0.25) is 5.79 Å². The van der Waals surface area contributed by atoms with Crippen molar-refractivity contribution in [2.24, 2.45) is 5.92 Å². The average Bonchev–Trinajstić information content (AvgIpc) is 2.71. The lowest BCUT2D eigenvalue weighted by atomic mass is 9.82. The molecule has 0 amide bonds. The quantitative estimate of drug-likeness (QED) is 0.398. The fraction of sp³-hybridized carbons (Fsp3) is 0.706. The lowest BCUT2D eigenvalue weighted by Crippen LogP contribution is -2.49. The molecule has 6 nitrogen and oxygen atoms in total. The second-order valence-electron chi connectivity index (χ2n) is 5.71. The molecule has 4 atom stereocenters. The summed E-state index contributed by atoms with van der Waals surface area (Å²) in [6.07, 6.45) is 8.33. The number of hydrogen-bond acceptors (Lipinski definition) is 6. The van der Waals surface area contributed by atoms with Gasteiger partial charge in [-0.05, 0) is 12.8 Å². The highest BCUT2D eigenvalue weighted by Crippen LogP contribution is 2.51. The molecule has 1 aliphatic heterocycles.